The van der Waals surface area contributed by atoms with E-state index in [0.717, 1.165) is 22.8 Å². The predicted octanol–water partition coefficient (Wildman–Crippen LogP) is 1.73. The highest BCUT2D eigenvalue weighted by Crippen LogP contribution is 2.22. The standard InChI is InChI=1S/C26H23N5O5S/c1-35-21-13-11-18(12-14-21)25-29-30-26(31(25)20-8-3-2-4-9-20)37-17-23(32)28-27-15-19-7-5-6-10-22(19)36-16-24(33)34/h2-15H,16-17H2,1H3,(H2,28,32,33,34). The van der Waals surface area contributed by atoms with Crippen molar-refractivity contribution in [2.45, 2.75) is 5.16 Å². The average molecular weight is 518 g/mol. The van der Waals surface area contributed by atoms with Gasteiger partial charge in [-0.3, -0.25) is 4.79 Å². The number of benzene rings is 3. The molecule has 0 aliphatic heterocycles. The van der Waals surface area contributed by atoms with Crippen molar-refractivity contribution in [1.29, 1.82) is 0 Å². The number of thioether (sulfide) groups is 1. The number of nitrogens with one attached hydrogen (secondary N) is 2. The zero-order valence-electron chi connectivity index (χ0n) is 19.8. The van der Waals surface area contributed by atoms with Gasteiger partial charge in [-0.05, 0) is 60.3 Å². The Bertz CT molecular complexity index is 1390. The lowest BCUT2D eigenvalue weighted by Crippen LogP contribution is -2.34. The monoisotopic (exact) mass is 517 g/mol. The van der Waals surface area contributed by atoms with E-state index in [1.54, 1.807) is 31.4 Å². The Labute approximate surface area is 217 Å². The molecular formula is C26H23N5O5S. The Balaban J connectivity index is 1.45. The maximum atomic E-state index is 12.5. The second-order valence-corrected chi connectivity index (χ2v) is 8.48. The second kappa shape index (κ2) is 12.4. The number of ether oxygens (including phenoxy) is 2. The second-order valence-electron chi connectivity index (χ2n) is 7.53. The van der Waals surface area contributed by atoms with Crippen LogP contribution in [0.25, 0.3) is 17.1 Å². The topological polar surface area (TPSA) is 133 Å². The number of aliphatic carboxylic acids is 1. The maximum absolute atomic E-state index is 12.5. The Hall–Kier alpha value is -4.64. The van der Waals surface area contributed by atoms with Crippen LogP contribution in [0.2, 0.25) is 0 Å². The summed E-state index contributed by atoms with van der Waals surface area (Å²) < 4.78 is 12.4. The number of aromatic nitrogens is 3. The molecule has 1 heterocycles. The fourth-order valence-corrected chi connectivity index (χ4v) is 4.10. The Morgan fingerprint density at radius 1 is 1.08 bits per heavy atom. The van der Waals surface area contributed by atoms with Crippen LogP contribution in [0, 0.1) is 0 Å². The van der Waals surface area contributed by atoms with Gasteiger partial charge in [0.1, 0.15) is 23.8 Å². The molecule has 37 heavy (non-hydrogen) atoms. The van der Waals surface area contributed by atoms with E-state index in [2.05, 4.69) is 20.7 Å². The summed E-state index contributed by atoms with van der Waals surface area (Å²) in [7, 11) is 1.61. The molecule has 0 radical (unpaired) electrons. The molecule has 4 aromatic rings. The highest BCUT2D eigenvalue weighted by Gasteiger charge is 2.24. The predicted molar refractivity (Wildman–Crippen MR) is 136 cm³/mol. The van der Waals surface area contributed by atoms with Crippen molar-refractivity contribution in [2.75, 3.05) is 19.5 Å². The molecule has 0 unspecified atom stereocenters. The van der Waals surface area contributed by atoms with Crippen molar-refractivity contribution in [3.63, 3.8) is 0 Å². The van der Waals surface area contributed by atoms with Crippen LogP contribution in [0.5, 0.6) is 11.5 Å². The summed E-state index contributed by atoms with van der Waals surface area (Å²) in [6.07, 6.45) is 1.38. The summed E-state index contributed by atoms with van der Waals surface area (Å²) in [4.78, 5) is 23.1. The minimum absolute atomic E-state index is 0.0555. The number of amides is 1. The number of carboxylic acids is 1. The molecule has 188 valence electrons. The van der Waals surface area contributed by atoms with Crippen molar-refractivity contribution < 1.29 is 28.7 Å². The molecule has 0 saturated carbocycles. The van der Waals surface area contributed by atoms with Gasteiger partial charge in [0.05, 0.1) is 35.7 Å². The summed E-state index contributed by atoms with van der Waals surface area (Å²) >= 11 is 1.25. The third-order valence-corrected chi connectivity index (χ3v) is 5.98. The van der Waals surface area contributed by atoms with E-state index in [4.69, 9.17) is 9.47 Å². The first-order valence-electron chi connectivity index (χ1n) is 11.1. The van der Waals surface area contributed by atoms with Gasteiger partial charge in [0.15, 0.2) is 0 Å². The van der Waals surface area contributed by atoms with Crippen molar-refractivity contribution >= 4 is 29.9 Å². The number of nitrogens with zero attached hydrogens (tertiary/aromatic N) is 3. The third kappa shape index (κ3) is 6.73. The van der Waals surface area contributed by atoms with Crippen LogP contribution in [0.15, 0.2) is 89.1 Å². The summed E-state index contributed by atoms with van der Waals surface area (Å²) in [5.74, 6) is 0.184. The molecule has 0 saturated heterocycles. The number of methoxy groups -OCH3 is 1. The molecular weight excluding hydrogens is 494 g/mol. The van der Waals surface area contributed by atoms with Gasteiger partial charge in [-0.1, -0.05) is 30.3 Å². The number of rotatable bonds is 11. The van der Waals surface area contributed by atoms with E-state index in [9.17, 15) is 14.7 Å². The normalized spacial score (nSPS) is 10.8. The van der Waals surface area contributed by atoms with Gasteiger partial charge in [0.25, 0.3) is 11.7 Å². The number of H-pyrrole nitrogens is 1. The first-order valence-corrected chi connectivity index (χ1v) is 12.1. The first-order chi connectivity index (χ1) is 18.0. The molecule has 11 heteroatoms. The smallest absolute Gasteiger partial charge is 0.342 e. The van der Waals surface area contributed by atoms with Crippen molar-refractivity contribution in [2.24, 2.45) is 5.10 Å². The SMILES string of the molecule is COc1ccc(-c2[nH]nc(SCC(=O)NN=Cc3ccccc3OCC(=O)[O-])[n+]2-c2ccccc2)cc1. The molecule has 3 aromatic carbocycles. The van der Waals surface area contributed by atoms with Crippen LogP contribution in [-0.4, -0.2) is 47.8 Å². The number of aromatic amines is 1. The van der Waals surface area contributed by atoms with Crippen LogP contribution in [0.1, 0.15) is 5.56 Å². The largest absolute Gasteiger partial charge is 0.546 e. The van der Waals surface area contributed by atoms with Crippen LogP contribution in [0.4, 0.5) is 0 Å². The van der Waals surface area contributed by atoms with Crippen LogP contribution < -0.4 is 24.6 Å². The van der Waals surface area contributed by atoms with Crippen molar-refractivity contribution in [3.8, 4) is 28.6 Å². The molecule has 0 bridgehead atoms. The van der Waals surface area contributed by atoms with Gasteiger partial charge in [0, 0.05) is 5.56 Å². The highest BCUT2D eigenvalue weighted by molar-refractivity contribution is 7.99. The quantitative estimate of drug-likeness (QED) is 0.134. The van der Waals surface area contributed by atoms with Crippen LogP contribution in [-0.2, 0) is 9.59 Å². The molecule has 4 rings (SSSR count). The van der Waals surface area contributed by atoms with Crippen molar-refractivity contribution in [1.82, 2.24) is 15.6 Å². The Kier molecular flexibility index (Phi) is 8.50. The Morgan fingerprint density at radius 3 is 2.54 bits per heavy atom. The minimum atomic E-state index is -1.33. The van der Waals surface area contributed by atoms with E-state index in [1.807, 2.05) is 59.2 Å². The molecule has 1 aromatic heterocycles. The number of hydrazone groups is 1. The minimum Gasteiger partial charge on any atom is -0.546 e. The molecule has 0 fully saturated rings. The molecule has 10 nitrogen and oxygen atoms in total. The summed E-state index contributed by atoms with van der Waals surface area (Å²) in [6, 6.07) is 24.0. The number of carbonyl (C=O) groups excluding carboxylic acids is 2. The van der Waals surface area contributed by atoms with Crippen LogP contribution >= 0.6 is 11.8 Å². The number of hydrogen-bond donors (Lipinski definition) is 2. The highest BCUT2D eigenvalue weighted by atomic mass is 32.2. The number of para-hydroxylation sites is 2. The van der Waals surface area contributed by atoms with Gasteiger partial charge >= 0.3 is 5.16 Å². The summed E-state index contributed by atoms with van der Waals surface area (Å²) in [5, 5.41) is 22.7. The fraction of sp³-hybridized carbons (Fsp3) is 0.115. The summed E-state index contributed by atoms with van der Waals surface area (Å²) in [5.41, 5.74) is 4.76. The number of hydrogen-bond acceptors (Lipinski definition) is 8. The lowest BCUT2D eigenvalue weighted by Gasteiger charge is -2.08. The van der Waals surface area contributed by atoms with Crippen LogP contribution in [0.3, 0.4) is 0 Å². The van der Waals surface area contributed by atoms with Gasteiger partial charge in [0.2, 0.25) is 0 Å². The molecule has 2 N–H and O–H groups in total. The van der Waals surface area contributed by atoms with Crippen molar-refractivity contribution in [3.05, 3.63) is 84.4 Å². The average Bonchev–Trinajstić information content (AvgIpc) is 3.36. The molecule has 0 spiro atoms. The zero-order chi connectivity index (χ0) is 26.0. The molecule has 1 amide bonds. The lowest BCUT2D eigenvalue weighted by atomic mass is 10.2. The zero-order valence-corrected chi connectivity index (χ0v) is 20.6. The number of carboxylic acid groups (broad SMARTS) is 1. The Morgan fingerprint density at radius 2 is 1.81 bits per heavy atom. The van der Waals surface area contributed by atoms with E-state index >= 15 is 0 Å². The van der Waals surface area contributed by atoms with E-state index < -0.39 is 12.6 Å². The molecule has 0 aliphatic rings. The maximum Gasteiger partial charge on any atom is 0.342 e. The van der Waals surface area contributed by atoms with E-state index in [0.29, 0.717) is 16.5 Å². The summed E-state index contributed by atoms with van der Waals surface area (Å²) in [6.45, 7) is -0.586. The first kappa shape index (κ1) is 25.5. The molecule has 0 aliphatic carbocycles. The van der Waals surface area contributed by atoms with Gasteiger partial charge < -0.3 is 19.4 Å². The third-order valence-electron chi connectivity index (χ3n) is 5.04. The van der Waals surface area contributed by atoms with Gasteiger partial charge in [-0.25, -0.2) is 5.43 Å². The number of carbonyl (C=O) groups is 2. The van der Waals surface area contributed by atoms with Gasteiger partial charge in [-0.15, -0.1) is 5.10 Å². The molecule has 0 atom stereocenters. The lowest BCUT2D eigenvalue weighted by molar-refractivity contribution is -0.625. The van der Waals surface area contributed by atoms with E-state index in [-0.39, 0.29) is 11.7 Å². The van der Waals surface area contributed by atoms with E-state index in [1.165, 1.54) is 18.0 Å². The van der Waals surface area contributed by atoms with Gasteiger partial charge in [-0.2, -0.15) is 9.67 Å². The fourth-order valence-electron chi connectivity index (χ4n) is 3.34.